The molecule has 0 amide bonds. The van der Waals surface area contributed by atoms with Crippen molar-refractivity contribution in [3.05, 3.63) is 11.5 Å². The Balaban J connectivity index is 0. The average Bonchev–Trinajstić information content (AvgIpc) is 1.37. The molecule has 0 aliphatic rings. The Morgan fingerprint density at radius 1 is 1.00 bits per heavy atom. The van der Waals surface area contributed by atoms with E-state index >= 15 is 0 Å². The zero-order valence-electron chi connectivity index (χ0n) is 3.12. The van der Waals surface area contributed by atoms with Gasteiger partial charge >= 0.3 is 37.7 Å². The molecule has 0 atom stereocenters. The number of hydrogen-bond acceptors (Lipinski definition) is 0. The average molecular weight is 98.2 g/mol. The third kappa shape index (κ3) is 11.0. The summed E-state index contributed by atoms with van der Waals surface area (Å²) >= 11 is 0. The molecule has 0 aliphatic heterocycles. The van der Waals surface area contributed by atoms with E-state index in [0.717, 1.165) is 0 Å². The first kappa shape index (κ1) is 9.49. The van der Waals surface area contributed by atoms with E-state index in [1.165, 1.54) is 0 Å². The Hall–Kier alpha value is 1.18. The second kappa shape index (κ2) is 8.95. The van der Waals surface area contributed by atoms with Gasteiger partial charge in [0.05, 0.1) is 0 Å². The van der Waals surface area contributed by atoms with Crippen molar-refractivity contribution in [1.82, 2.24) is 0 Å². The van der Waals surface area contributed by atoms with Crippen LogP contribution in [0.1, 0.15) is 0 Å². The number of hydrogen-bond donors (Lipinski definition) is 0. The molecule has 3 heteroatoms. The van der Waals surface area contributed by atoms with E-state index in [1.54, 1.807) is 0 Å². The van der Waals surface area contributed by atoms with Crippen LogP contribution in [-0.2, 0) is 0 Å². The fourth-order valence-electron chi connectivity index (χ4n) is 0. The van der Waals surface area contributed by atoms with Crippen molar-refractivity contribution in [2.45, 2.75) is 0 Å². The Labute approximate surface area is 61.9 Å². The first-order valence-corrected chi connectivity index (χ1v) is 1.21. The van der Waals surface area contributed by atoms with Crippen molar-refractivity contribution >= 4 is 37.7 Å². The minimum atomic E-state index is 0. The van der Waals surface area contributed by atoms with E-state index < -0.39 is 0 Å². The molecular weight excluding hydrogens is 92.1 g/mol. The van der Waals surface area contributed by atoms with Crippen molar-refractivity contribution in [1.29, 1.82) is 0 Å². The van der Waals surface area contributed by atoms with E-state index in [1.807, 2.05) is 0 Å². The van der Waals surface area contributed by atoms with Crippen molar-refractivity contribution < 1.29 is 0 Å². The molecule has 0 aromatic rings. The molecule has 0 saturated carbocycles. The molecule has 0 aromatic heterocycles. The SMILES string of the molecule is [Ca+2].[NH-]CC[NH-]. The molecule has 2 N–H and O–H groups in total. The fraction of sp³-hybridized carbons (Fsp3) is 1.00. The second-order valence-corrected chi connectivity index (χ2v) is 0.500. The van der Waals surface area contributed by atoms with E-state index in [2.05, 4.69) is 0 Å². The predicted octanol–water partition coefficient (Wildman–Crippen LogP) is 0.710. The normalized spacial score (nSPS) is 6.00. The van der Waals surface area contributed by atoms with Crippen LogP contribution in [0, 0.1) is 0 Å². The van der Waals surface area contributed by atoms with Crippen LogP contribution < -0.4 is 0 Å². The molecule has 0 radical (unpaired) electrons. The number of nitrogens with one attached hydrogen (secondary N) is 2. The molecule has 0 aliphatic carbocycles. The molecule has 26 valence electrons. The van der Waals surface area contributed by atoms with Crippen LogP contribution in [0.2, 0.25) is 0 Å². The van der Waals surface area contributed by atoms with Gasteiger partial charge in [-0.2, -0.15) is 13.1 Å². The van der Waals surface area contributed by atoms with Gasteiger partial charge in [-0.05, 0) is 0 Å². The van der Waals surface area contributed by atoms with Gasteiger partial charge in [-0.1, -0.05) is 0 Å². The van der Waals surface area contributed by atoms with Gasteiger partial charge in [0.15, 0.2) is 0 Å². The molecule has 0 rings (SSSR count). The van der Waals surface area contributed by atoms with Gasteiger partial charge in [0, 0.05) is 0 Å². The van der Waals surface area contributed by atoms with Crippen molar-refractivity contribution in [2.24, 2.45) is 0 Å². The summed E-state index contributed by atoms with van der Waals surface area (Å²) in [5.41, 5.74) is 12.5. The van der Waals surface area contributed by atoms with E-state index in [4.69, 9.17) is 11.5 Å². The molecule has 0 heterocycles. The van der Waals surface area contributed by atoms with Gasteiger partial charge < -0.3 is 11.5 Å². The summed E-state index contributed by atoms with van der Waals surface area (Å²) in [6.07, 6.45) is 0. The maximum Gasteiger partial charge on any atom is 2.00 e. The van der Waals surface area contributed by atoms with Crippen LogP contribution in [-0.4, -0.2) is 50.8 Å². The van der Waals surface area contributed by atoms with Crippen LogP contribution in [0.4, 0.5) is 0 Å². The van der Waals surface area contributed by atoms with Gasteiger partial charge in [0.1, 0.15) is 0 Å². The predicted molar refractivity (Wildman–Crippen MR) is 24.1 cm³/mol. The third-order valence-corrected chi connectivity index (χ3v) is 0.125. The molecule has 0 bridgehead atoms. The van der Waals surface area contributed by atoms with Crippen molar-refractivity contribution in [2.75, 3.05) is 13.1 Å². The van der Waals surface area contributed by atoms with Gasteiger partial charge in [-0.3, -0.25) is 0 Å². The Morgan fingerprint density at radius 2 is 1.20 bits per heavy atom. The monoisotopic (exact) mass is 98.0 g/mol. The molecule has 0 saturated heterocycles. The summed E-state index contributed by atoms with van der Waals surface area (Å²) < 4.78 is 0. The van der Waals surface area contributed by atoms with Crippen molar-refractivity contribution in [3.63, 3.8) is 0 Å². The zero-order valence-corrected chi connectivity index (χ0v) is 5.33. The van der Waals surface area contributed by atoms with Gasteiger partial charge in [-0.25, -0.2) is 0 Å². The molecule has 0 aromatic carbocycles. The maximum absolute atomic E-state index is 6.26. The van der Waals surface area contributed by atoms with E-state index in [-0.39, 0.29) is 50.8 Å². The Bertz CT molecular complexity index is 9.61. The maximum atomic E-state index is 6.26. The van der Waals surface area contributed by atoms with Crippen LogP contribution in [0.3, 0.4) is 0 Å². The van der Waals surface area contributed by atoms with Gasteiger partial charge in [0.25, 0.3) is 0 Å². The Kier molecular flexibility index (Phi) is 17.0. The van der Waals surface area contributed by atoms with Gasteiger partial charge in [0.2, 0.25) is 0 Å². The molecule has 5 heavy (non-hydrogen) atoms. The van der Waals surface area contributed by atoms with E-state index in [9.17, 15) is 0 Å². The minimum absolute atomic E-state index is 0. The zero-order chi connectivity index (χ0) is 3.41. The minimum Gasteiger partial charge on any atom is -0.679 e. The second-order valence-electron chi connectivity index (χ2n) is 0.500. The topological polar surface area (TPSA) is 47.6 Å². The summed E-state index contributed by atoms with van der Waals surface area (Å²) in [6, 6.07) is 0. The summed E-state index contributed by atoms with van der Waals surface area (Å²) in [4.78, 5) is 0. The Morgan fingerprint density at radius 3 is 1.20 bits per heavy atom. The first-order chi connectivity index (χ1) is 1.91. The van der Waals surface area contributed by atoms with Crippen LogP contribution >= 0.6 is 0 Å². The molecule has 2 nitrogen and oxygen atoms in total. The van der Waals surface area contributed by atoms with Gasteiger partial charge in [-0.15, -0.1) is 0 Å². The number of rotatable bonds is 1. The molecule has 0 spiro atoms. The summed E-state index contributed by atoms with van der Waals surface area (Å²) in [5.74, 6) is 0. The summed E-state index contributed by atoms with van der Waals surface area (Å²) in [6.45, 7) is 0.472. The van der Waals surface area contributed by atoms with E-state index in [0.29, 0.717) is 0 Å². The summed E-state index contributed by atoms with van der Waals surface area (Å²) in [7, 11) is 0. The van der Waals surface area contributed by atoms with Crippen LogP contribution in [0.25, 0.3) is 11.5 Å². The van der Waals surface area contributed by atoms with Crippen LogP contribution in [0.5, 0.6) is 0 Å². The standard InChI is InChI=1S/C2H6N2.Ca/c3-1-2-4;/h3-4H,1-2H2;/q-2;+2. The largest absolute Gasteiger partial charge is 2.00 e. The molecular formula is C2H6CaN2. The molecule has 0 unspecified atom stereocenters. The third-order valence-electron chi connectivity index (χ3n) is 0.125. The van der Waals surface area contributed by atoms with Crippen LogP contribution in [0.15, 0.2) is 0 Å². The smallest absolute Gasteiger partial charge is 0.679 e. The fourth-order valence-corrected chi connectivity index (χ4v) is 0. The summed E-state index contributed by atoms with van der Waals surface area (Å²) in [5, 5.41) is 0. The first-order valence-electron chi connectivity index (χ1n) is 1.21. The quantitative estimate of drug-likeness (QED) is 0.434. The molecule has 0 fully saturated rings. The van der Waals surface area contributed by atoms with Crippen molar-refractivity contribution in [3.8, 4) is 0 Å².